The Bertz CT molecular complexity index is 141. The van der Waals surface area contributed by atoms with Crippen molar-refractivity contribution in [3.63, 3.8) is 0 Å². The Morgan fingerprint density at radius 1 is 1.50 bits per heavy atom. The Kier molecular flexibility index (Phi) is 3.87. The molecule has 0 radical (unpaired) electrons. The van der Waals surface area contributed by atoms with Gasteiger partial charge in [0.25, 0.3) is 0 Å². The van der Waals surface area contributed by atoms with Crippen molar-refractivity contribution < 1.29 is 4.79 Å². The van der Waals surface area contributed by atoms with E-state index < -0.39 is 0 Å². The van der Waals surface area contributed by atoms with Crippen molar-refractivity contribution in [2.75, 3.05) is 32.7 Å². The fourth-order valence-electron chi connectivity index (χ4n) is 1.31. The second-order valence-corrected chi connectivity index (χ2v) is 2.93. The first-order valence-corrected chi connectivity index (χ1v) is 4.58. The normalized spacial score (nSPS) is 18.6. The van der Waals surface area contributed by atoms with Crippen LogP contribution in [0.3, 0.4) is 0 Å². The molecule has 70 valence electrons. The molecule has 1 aliphatic heterocycles. The average molecular weight is 171 g/mol. The van der Waals surface area contributed by atoms with Crippen LogP contribution in [-0.2, 0) is 0 Å². The quantitative estimate of drug-likeness (QED) is 0.584. The van der Waals surface area contributed by atoms with Gasteiger partial charge in [-0.3, -0.25) is 0 Å². The molecule has 0 spiro atoms. The van der Waals surface area contributed by atoms with E-state index in [1.165, 1.54) is 0 Å². The molecule has 12 heavy (non-hydrogen) atoms. The highest BCUT2D eigenvalue weighted by atomic mass is 16.2. The van der Waals surface area contributed by atoms with Gasteiger partial charge in [-0.25, -0.2) is 4.79 Å². The number of carbonyl (C=O) groups is 1. The van der Waals surface area contributed by atoms with Crippen LogP contribution < -0.4 is 10.6 Å². The van der Waals surface area contributed by atoms with Crippen LogP contribution in [0.2, 0.25) is 0 Å². The van der Waals surface area contributed by atoms with Gasteiger partial charge in [0.15, 0.2) is 0 Å². The predicted octanol–water partition coefficient (Wildman–Crippen LogP) is 0.0112. The molecule has 0 unspecified atom stereocenters. The maximum absolute atomic E-state index is 11.3. The van der Waals surface area contributed by atoms with E-state index in [-0.39, 0.29) is 6.03 Å². The Balaban J connectivity index is 2.32. The smallest absolute Gasteiger partial charge is 0.317 e. The zero-order chi connectivity index (χ0) is 8.81. The van der Waals surface area contributed by atoms with Crippen molar-refractivity contribution in [3.8, 4) is 0 Å². The summed E-state index contributed by atoms with van der Waals surface area (Å²) in [6.45, 7) is 6.29. The van der Waals surface area contributed by atoms with E-state index in [1.807, 2.05) is 11.8 Å². The fourth-order valence-corrected chi connectivity index (χ4v) is 1.31. The summed E-state index contributed by atoms with van der Waals surface area (Å²) in [6.07, 6.45) is 1.05. The third kappa shape index (κ3) is 2.70. The summed E-state index contributed by atoms with van der Waals surface area (Å²) >= 11 is 0. The van der Waals surface area contributed by atoms with Crippen LogP contribution in [0.15, 0.2) is 0 Å². The van der Waals surface area contributed by atoms with Crippen LogP contribution in [0.5, 0.6) is 0 Å². The molecule has 0 saturated carbocycles. The lowest BCUT2D eigenvalue weighted by atomic mass is 10.4. The van der Waals surface area contributed by atoms with E-state index in [0.29, 0.717) is 6.54 Å². The van der Waals surface area contributed by atoms with Crippen LogP contribution in [0.4, 0.5) is 4.79 Å². The van der Waals surface area contributed by atoms with Crippen molar-refractivity contribution in [3.05, 3.63) is 0 Å². The van der Waals surface area contributed by atoms with Gasteiger partial charge in [0.05, 0.1) is 0 Å². The molecule has 4 heteroatoms. The molecule has 0 aromatic rings. The Labute approximate surface area is 73.3 Å². The fraction of sp³-hybridized carbons (Fsp3) is 0.875. The van der Waals surface area contributed by atoms with Gasteiger partial charge in [-0.2, -0.15) is 0 Å². The number of amides is 2. The summed E-state index contributed by atoms with van der Waals surface area (Å²) in [4.78, 5) is 13.2. The van der Waals surface area contributed by atoms with Gasteiger partial charge >= 0.3 is 6.03 Å². The zero-order valence-corrected chi connectivity index (χ0v) is 7.60. The second-order valence-electron chi connectivity index (χ2n) is 2.93. The minimum Gasteiger partial charge on any atom is -0.338 e. The summed E-state index contributed by atoms with van der Waals surface area (Å²) in [6, 6.07) is 0.0706. The minimum absolute atomic E-state index is 0.0706. The van der Waals surface area contributed by atoms with Crippen molar-refractivity contribution in [2.45, 2.75) is 13.3 Å². The van der Waals surface area contributed by atoms with Gasteiger partial charge in [-0.1, -0.05) is 0 Å². The molecule has 1 fully saturated rings. The van der Waals surface area contributed by atoms with E-state index in [4.69, 9.17) is 0 Å². The molecule has 4 nitrogen and oxygen atoms in total. The lowest BCUT2D eigenvalue weighted by Crippen LogP contribution is -2.41. The van der Waals surface area contributed by atoms with Gasteiger partial charge in [-0.05, 0) is 19.9 Å². The molecule has 0 bridgehead atoms. The summed E-state index contributed by atoms with van der Waals surface area (Å²) in [7, 11) is 0. The Morgan fingerprint density at radius 2 is 2.33 bits per heavy atom. The largest absolute Gasteiger partial charge is 0.338 e. The first kappa shape index (κ1) is 9.32. The number of nitrogens with one attached hydrogen (secondary N) is 2. The van der Waals surface area contributed by atoms with Crippen molar-refractivity contribution in [2.24, 2.45) is 0 Å². The zero-order valence-electron chi connectivity index (χ0n) is 7.60. The van der Waals surface area contributed by atoms with Crippen LogP contribution >= 0.6 is 0 Å². The topological polar surface area (TPSA) is 44.4 Å². The van der Waals surface area contributed by atoms with Crippen LogP contribution in [0, 0.1) is 0 Å². The van der Waals surface area contributed by atoms with Crippen molar-refractivity contribution >= 4 is 6.03 Å². The number of urea groups is 1. The summed E-state index contributed by atoms with van der Waals surface area (Å²) in [5, 5.41) is 6.05. The van der Waals surface area contributed by atoms with Gasteiger partial charge < -0.3 is 15.5 Å². The Hall–Kier alpha value is -0.770. The number of hydrogen-bond acceptors (Lipinski definition) is 2. The first-order chi connectivity index (χ1) is 5.84. The number of rotatable bonds is 1. The molecule has 1 heterocycles. The summed E-state index contributed by atoms with van der Waals surface area (Å²) < 4.78 is 0. The molecular formula is C8H17N3O. The van der Waals surface area contributed by atoms with Gasteiger partial charge in [0, 0.05) is 26.2 Å². The van der Waals surface area contributed by atoms with Crippen LogP contribution in [0.1, 0.15) is 13.3 Å². The number of hydrogen-bond donors (Lipinski definition) is 2. The van der Waals surface area contributed by atoms with Crippen LogP contribution in [-0.4, -0.2) is 43.7 Å². The molecule has 2 amide bonds. The standard InChI is InChI=1S/C8H17N3O/c1-2-10-8(12)11-6-3-4-9-5-7-11/h9H,2-7H2,1H3,(H,10,12). The van der Waals surface area contributed by atoms with Gasteiger partial charge in [-0.15, -0.1) is 0 Å². The molecule has 0 atom stereocenters. The van der Waals surface area contributed by atoms with Gasteiger partial charge in [0.2, 0.25) is 0 Å². The third-order valence-corrected chi connectivity index (χ3v) is 1.96. The minimum atomic E-state index is 0.0706. The van der Waals surface area contributed by atoms with E-state index in [1.54, 1.807) is 0 Å². The van der Waals surface area contributed by atoms with Gasteiger partial charge in [0.1, 0.15) is 0 Å². The molecule has 0 aliphatic carbocycles. The molecule has 1 rings (SSSR count). The monoisotopic (exact) mass is 171 g/mol. The second kappa shape index (κ2) is 4.98. The Morgan fingerprint density at radius 3 is 3.08 bits per heavy atom. The lowest BCUT2D eigenvalue weighted by Gasteiger charge is -2.19. The highest BCUT2D eigenvalue weighted by Gasteiger charge is 2.13. The molecule has 1 aliphatic rings. The molecule has 2 N–H and O–H groups in total. The highest BCUT2D eigenvalue weighted by molar-refractivity contribution is 5.74. The van der Waals surface area contributed by atoms with E-state index >= 15 is 0 Å². The summed E-state index contributed by atoms with van der Waals surface area (Å²) in [5.74, 6) is 0. The third-order valence-electron chi connectivity index (χ3n) is 1.96. The highest BCUT2D eigenvalue weighted by Crippen LogP contribution is 1.94. The van der Waals surface area contributed by atoms with Crippen molar-refractivity contribution in [1.82, 2.24) is 15.5 Å². The SMILES string of the molecule is CCNC(=O)N1CCCNCC1. The average Bonchev–Trinajstić information content (AvgIpc) is 2.32. The number of carbonyl (C=O) groups excluding carboxylic acids is 1. The van der Waals surface area contributed by atoms with E-state index in [9.17, 15) is 4.79 Å². The molecule has 1 saturated heterocycles. The van der Waals surface area contributed by atoms with E-state index in [2.05, 4.69) is 10.6 Å². The first-order valence-electron chi connectivity index (χ1n) is 4.58. The number of nitrogens with zero attached hydrogens (tertiary/aromatic N) is 1. The maximum Gasteiger partial charge on any atom is 0.317 e. The maximum atomic E-state index is 11.3. The predicted molar refractivity (Wildman–Crippen MR) is 48.1 cm³/mol. The molecule has 0 aromatic heterocycles. The van der Waals surface area contributed by atoms with Crippen molar-refractivity contribution in [1.29, 1.82) is 0 Å². The molecular weight excluding hydrogens is 154 g/mol. The summed E-state index contributed by atoms with van der Waals surface area (Å²) in [5.41, 5.74) is 0. The van der Waals surface area contributed by atoms with E-state index in [0.717, 1.165) is 32.6 Å². The van der Waals surface area contributed by atoms with Crippen LogP contribution in [0.25, 0.3) is 0 Å². The molecule has 0 aromatic carbocycles. The lowest BCUT2D eigenvalue weighted by molar-refractivity contribution is 0.202.